The second kappa shape index (κ2) is 5.35. The van der Waals surface area contributed by atoms with Crippen LogP contribution in [0.25, 0.3) is 0 Å². The van der Waals surface area contributed by atoms with Crippen molar-refractivity contribution >= 4 is 5.91 Å². The number of rotatable bonds is 4. The van der Waals surface area contributed by atoms with E-state index in [0.717, 1.165) is 0 Å². The molecule has 0 aliphatic rings. The molecule has 1 atom stereocenters. The maximum absolute atomic E-state index is 11.8. The van der Waals surface area contributed by atoms with Crippen LogP contribution in [0.4, 0.5) is 0 Å². The van der Waals surface area contributed by atoms with E-state index in [4.69, 9.17) is 5.73 Å². The first-order chi connectivity index (χ1) is 6.30. The quantitative estimate of drug-likeness (QED) is 0.720. The Labute approximate surface area is 87.4 Å². The average molecular weight is 200 g/mol. The first-order valence-corrected chi connectivity index (χ1v) is 5.28. The van der Waals surface area contributed by atoms with Crippen LogP contribution in [-0.4, -0.2) is 19.0 Å². The molecule has 0 radical (unpaired) electrons. The number of nitrogens with one attached hydrogen (secondary N) is 1. The van der Waals surface area contributed by atoms with Crippen LogP contribution >= 0.6 is 0 Å². The molecule has 1 unspecified atom stereocenters. The van der Waals surface area contributed by atoms with Gasteiger partial charge in [0, 0.05) is 19.0 Å². The van der Waals surface area contributed by atoms with Gasteiger partial charge < -0.3 is 11.1 Å². The maximum Gasteiger partial charge on any atom is 0.223 e. The minimum atomic E-state index is 0.00679. The zero-order valence-corrected chi connectivity index (χ0v) is 10.1. The fraction of sp³-hybridized carbons (Fsp3) is 0.909. The fourth-order valence-corrected chi connectivity index (χ4v) is 2.00. The largest absolute Gasteiger partial charge is 0.355 e. The van der Waals surface area contributed by atoms with E-state index in [1.165, 1.54) is 0 Å². The Morgan fingerprint density at radius 1 is 1.36 bits per heavy atom. The second-order valence-corrected chi connectivity index (χ2v) is 5.17. The number of carbonyl (C=O) groups is 1. The van der Waals surface area contributed by atoms with Crippen molar-refractivity contribution in [2.75, 3.05) is 13.1 Å². The second-order valence-electron chi connectivity index (χ2n) is 5.17. The molecule has 0 aromatic heterocycles. The summed E-state index contributed by atoms with van der Waals surface area (Å²) in [6.07, 6.45) is 0. The Morgan fingerprint density at radius 2 is 1.86 bits per heavy atom. The Hall–Kier alpha value is -0.570. The monoisotopic (exact) mass is 200 g/mol. The Balaban J connectivity index is 4.43. The van der Waals surface area contributed by atoms with Crippen LogP contribution < -0.4 is 11.1 Å². The molecule has 0 rings (SSSR count). The van der Waals surface area contributed by atoms with E-state index in [0.29, 0.717) is 19.0 Å². The molecule has 84 valence electrons. The summed E-state index contributed by atoms with van der Waals surface area (Å²) >= 11 is 0. The van der Waals surface area contributed by atoms with Gasteiger partial charge in [-0.25, -0.2) is 0 Å². The summed E-state index contributed by atoms with van der Waals surface area (Å²) in [5.41, 5.74) is 5.35. The molecule has 3 N–H and O–H groups in total. The first-order valence-electron chi connectivity index (χ1n) is 5.28. The Bertz CT molecular complexity index is 182. The molecule has 0 bridgehead atoms. The van der Waals surface area contributed by atoms with Gasteiger partial charge in [0.1, 0.15) is 0 Å². The van der Waals surface area contributed by atoms with E-state index >= 15 is 0 Å². The predicted molar refractivity (Wildman–Crippen MR) is 59.8 cm³/mol. The third-order valence-electron chi connectivity index (χ3n) is 2.33. The van der Waals surface area contributed by atoms with Crippen LogP contribution in [0.1, 0.15) is 34.6 Å². The summed E-state index contributed by atoms with van der Waals surface area (Å²) in [7, 11) is 0. The van der Waals surface area contributed by atoms with Gasteiger partial charge in [0.05, 0.1) is 0 Å². The van der Waals surface area contributed by atoms with Crippen molar-refractivity contribution in [3.05, 3.63) is 0 Å². The lowest BCUT2D eigenvalue weighted by Gasteiger charge is -2.32. The summed E-state index contributed by atoms with van der Waals surface area (Å²) in [6.45, 7) is 11.5. The number of hydrogen-bond donors (Lipinski definition) is 2. The van der Waals surface area contributed by atoms with Crippen LogP contribution in [0.5, 0.6) is 0 Å². The van der Waals surface area contributed by atoms with Crippen molar-refractivity contribution in [1.82, 2.24) is 5.32 Å². The third kappa shape index (κ3) is 4.09. The molecule has 3 heteroatoms. The summed E-state index contributed by atoms with van der Waals surface area (Å²) in [5.74, 6) is 0.528. The summed E-state index contributed by atoms with van der Waals surface area (Å²) in [5, 5.41) is 2.86. The van der Waals surface area contributed by atoms with Crippen molar-refractivity contribution in [3.8, 4) is 0 Å². The Kier molecular flexibility index (Phi) is 5.13. The van der Waals surface area contributed by atoms with Gasteiger partial charge in [-0.2, -0.15) is 0 Å². The van der Waals surface area contributed by atoms with Crippen molar-refractivity contribution in [3.63, 3.8) is 0 Å². The highest BCUT2D eigenvalue weighted by molar-refractivity contribution is 5.79. The van der Waals surface area contributed by atoms with Gasteiger partial charge in [0.15, 0.2) is 0 Å². The molecule has 0 spiro atoms. The summed E-state index contributed by atoms with van der Waals surface area (Å²) in [6, 6.07) is 0. The molecule has 0 saturated heterocycles. The highest BCUT2D eigenvalue weighted by Crippen LogP contribution is 2.31. The van der Waals surface area contributed by atoms with E-state index in [1.54, 1.807) is 0 Å². The molecule has 1 amide bonds. The van der Waals surface area contributed by atoms with Crippen LogP contribution in [0.2, 0.25) is 0 Å². The minimum absolute atomic E-state index is 0.00679. The van der Waals surface area contributed by atoms with Gasteiger partial charge in [-0.1, -0.05) is 34.6 Å². The van der Waals surface area contributed by atoms with Crippen molar-refractivity contribution in [1.29, 1.82) is 0 Å². The zero-order chi connectivity index (χ0) is 11.4. The lowest BCUT2D eigenvalue weighted by Crippen LogP contribution is -2.42. The molecule has 3 nitrogen and oxygen atoms in total. The predicted octanol–water partition coefficient (Wildman–Crippen LogP) is 1.38. The van der Waals surface area contributed by atoms with Gasteiger partial charge in [0.2, 0.25) is 5.91 Å². The van der Waals surface area contributed by atoms with E-state index in [2.05, 4.69) is 39.9 Å². The van der Waals surface area contributed by atoms with Gasteiger partial charge in [-0.05, 0) is 11.3 Å². The molecular weight excluding hydrogens is 176 g/mol. The lowest BCUT2D eigenvalue weighted by atomic mass is 9.74. The van der Waals surface area contributed by atoms with Crippen LogP contribution in [0.3, 0.4) is 0 Å². The summed E-state index contributed by atoms with van der Waals surface area (Å²) in [4.78, 5) is 11.8. The molecule has 0 heterocycles. The molecule has 0 fully saturated rings. The first kappa shape index (κ1) is 13.4. The SMILES string of the molecule is CC(C)C(C(=O)NCCN)C(C)(C)C. The number of nitrogens with two attached hydrogens (primary N) is 1. The molecule has 0 aromatic carbocycles. The van der Waals surface area contributed by atoms with Crippen molar-refractivity contribution in [2.24, 2.45) is 23.0 Å². The maximum atomic E-state index is 11.8. The van der Waals surface area contributed by atoms with Crippen molar-refractivity contribution < 1.29 is 4.79 Å². The van der Waals surface area contributed by atoms with Crippen LogP contribution in [0, 0.1) is 17.3 Å². The minimum Gasteiger partial charge on any atom is -0.355 e. The smallest absolute Gasteiger partial charge is 0.223 e. The standard InChI is InChI=1S/C11H24N2O/c1-8(2)9(11(3,4)5)10(14)13-7-6-12/h8-9H,6-7,12H2,1-5H3,(H,13,14). The molecular formula is C11H24N2O. The fourth-order valence-electron chi connectivity index (χ4n) is 2.00. The Morgan fingerprint density at radius 3 is 2.14 bits per heavy atom. The molecule has 0 saturated carbocycles. The van der Waals surface area contributed by atoms with Gasteiger partial charge in [-0.3, -0.25) is 4.79 Å². The highest BCUT2D eigenvalue weighted by atomic mass is 16.1. The van der Waals surface area contributed by atoms with E-state index in [-0.39, 0.29) is 17.2 Å². The topological polar surface area (TPSA) is 55.1 Å². The van der Waals surface area contributed by atoms with E-state index in [9.17, 15) is 4.79 Å². The lowest BCUT2D eigenvalue weighted by molar-refractivity contribution is -0.130. The highest BCUT2D eigenvalue weighted by Gasteiger charge is 2.33. The zero-order valence-electron chi connectivity index (χ0n) is 10.1. The number of carbonyl (C=O) groups excluding carboxylic acids is 1. The molecule has 0 aliphatic carbocycles. The van der Waals surface area contributed by atoms with Gasteiger partial charge in [-0.15, -0.1) is 0 Å². The average Bonchev–Trinajstić information content (AvgIpc) is 1.97. The normalized spacial score (nSPS) is 14.2. The summed E-state index contributed by atoms with van der Waals surface area (Å²) < 4.78 is 0. The van der Waals surface area contributed by atoms with Gasteiger partial charge in [0.25, 0.3) is 0 Å². The number of amides is 1. The number of hydrogen-bond acceptors (Lipinski definition) is 2. The van der Waals surface area contributed by atoms with Crippen LogP contribution in [0.15, 0.2) is 0 Å². The van der Waals surface area contributed by atoms with Crippen LogP contribution in [-0.2, 0) is 4.79 Å². The third-order valence-corrected chi connectivity index (χ3v) is 2.33. The van der Waals surface area contributed by atoms with E-state index < -0.39 is 0 Å². The molecule has 0 aliphatic heterocycles. The molecule has 0 aromatic rings. The van der Waals surface area contributed by atoms with Gasteiger partial charge >= 0.3 is 0 Å². The van der Waals surface area contributed by atoms with E-state index in [1.807, 2.05) is 0 Å². The molecule has 14 heavy (non-hydrogen) atoms. The van der Waals surface area contributed by atoms with Crippen molar-refractivity contribution in [2.45, 2.75) is 34.6 Å².